The molecule has 1 heterocycles. The highest BCUT2D eigenvalue weighted by Crippen LogP contribution is 2.36. The van der Waals surface area contributed by atoms with Gasteiger partial charge in [-0.2, -0.15) is 0 Å². The van der Waals surface area contributed by atoms with Crippen molar-refractivity contribution in [2.45, 2.75) is 6.92 Å². The number of carbonyl (C=O) groups excluding carboxylic acids is 1. The minimum Gasteiger partial charge on any atom is -0.494 e. The summed E-state index contributed by atoms with van der Waals surface area (Å²) in [5.74, 6) is -0.276. The number of thiazole rings is 1. The number of nitrogens with zero attached hydrogens (tertiary/aromatic N) is 3. The van der Waals surface area contributed by atoms with Gasteiger partial charge in [0.15, 0.2) is 5.13 Å². The van der Waals surface area contributed by atoms with Crippen molar-refractivity contribution < 1.29 is 13.9 Å². The number of aromatic nitrogens is 1. The third-order valence-electron chi connectivity index (χ3n) is 4.26. The highest BCUT2D eigenvalue weighted by atomic mass is 32.1. The molecule has 5 nitrogen and oxygen atoms in total. The van der Waals surface area contributed by atoms with Crippen LogP contribution < -0.4 is 9.64 Å². The van der Waals surface area contributed by atoms with Crippen LogP contribution in [0.4, 0.5) is 9.52 Å². The molecule has 0 aliphatic heterocycles. The molecule has 0 atom stereocenters. The zero-order chi connectivity index (χ0) is 19.6. The van der Waals surface area contributed by atoms with Gasteiger partial charge in [-0.3, -0.25) is 9.69 Å². The Kier molecular flexibility index (Phi) is 5.72. The molecular weight excluding hydrogens is 365 g/mol. The third-order valence-corrected chi connectivity index (χ3v) is 5.48. The zero-order valence-corrected chi connectivity index (χ0v) is 16.6. The summed E-state index contributed by atoms with van der Waals surface area (Å²) in [5.41, 5.74) is 1.81. The number of halogens is 1. The fourth-order valence-corrected chi connectivity index (χ4v) is 3.82. The number of hydrogen-bond donors (Lipinski definition) is 0. The molecule has 142 valence electrons. The first kappa shape index (κ1) is 19.3. The molecule has 7 heteroatoms. The molecule has 0 spiro atoms. The Bertz CT molecular complexity index is 971. The van der Waals surface area contributed by atoms with Crippen molar-refractivity contribution in [3.63, 3.8) is 0 Å². The molecular formula is C20H22FN3O2S. The van der Waals surface area contributed by atoms with Gasteiger partial charge in [0, 0.05) is 13.1 Å². The Hall–Kier alpha value is -2.51. The summed E-state index contributed by atoms with van der Waals surface area (Å²) in [5, 5.41) is 0.535. The number of carbonyl (C=O) groups is 1. The van der Waals surface area contributed by atoms with Crippen LogP contribution in [-0.2, 0) is 0 Å². The van der Waals surface area contributed by atoms with Gasteiger partial charge < -0.3 is 9.64 Å². The lowest BCUT2D eigenvalue weighted by molar-refractivity contribution is 0.0981. The topological polar surface area (TPSA) is 45.7 Å². The largest absolute Gasteiger partial charge is 0.494 e. The standard InChI is InChI=1S/C20H22FN3O2S/c1-13-9-10-16(26-4)17-18(13)27-20(22-17)24(12-11-23(2)3)19(25)14-7-5-6-8-15(14)21/h5-10H,11-12H2,1-4H3. The van der Waals surface area contributed by atoms with E-state index in [0.717, 1.165) is 10.3 Å². The van der Waals surface area contributed by atoms with E-state index in [0.29, 0.717) is 29.5 Å². The first-order valence-electron chi connectivity index (χ1n) is 8.57. The van der Waals surface area contributed by atoms with Crippen LogP contribution in [0, 0.1) is 12.7 Å². The van der Waals surface area contributed by atoms with Crippen LogP contribution in [0.2, 0.25) is 0 Å². The lowest BCUT2D eigenvalue weighted by atomic mass is 10.2. The highest BCUT2D eigenvalue weighted by Gasteiger charge is 2.24. The van der Waals surface area contributed by atoms with Crippen molar-refractivity contribution >= 4 is 32.6 Å². The lowest BCUT2D eigenvalue weighted by Gasteiger charge is -2.22. The van der Waals surface area contributed by atoms with Gasteiger partial charge in [0.2, 0.25) is 0 Å². The van der Waals surface area contributed by atoms with E-state index in [2.05, 4.69) is 4.98 Å². The number of rotatable bonds is 6. The Morgan fingerprint density at radius 2 is 1.93 bits per heavy atom. The van der Waals surface area contributed by atoms with Crippen LogP contribution in [0.5, 0.6) is 5.75 Å². The number of hydrogen-bond acceptors (Lipinski definition) is 5. The molecule has 1 amide bonds. The summed E-state index contributed by atoms with van der Waals surface area (Å²) >= 11 is 1.42. The smallest absolute Gasteiger partial charge is 0.263 e. The summed E-state index contributed by atoms with van der Waals surface area (Å²) in [7, 11) is 5.45. The van der Waals surface area contributed by atoms with Crippen LogP contribution in [-0.4, -0.2) is 50.1 Å². The van der Waals surface area contributed by atoms with Crippen molar-refractivity contribution in [3.05, 3.63) is 53.3 Å². The first-order valence-corrected chi connectivity index (χ1v) is 9.39. The van der Waals surface area contributed by atoms with Crippen molar-refractivity contribution in [3.8, 4) is 5.75 Å². The second-order valence-electron chi connectivity index (χ2n) is 6.50. The van der Waals surface area contributed by atoms with E-state index in [1.807, 2.05) is 38.1 Å². The summed E-state index contributed by atoms with van der Waals surface area (Å²) in [6.45, 7) is 3.03. The van der Waals surface area contributed by atoms with E-state index in [1.54, 1.807) is 24.1 Å². The average molecular weight is 387 g/mol. The maximum Gasteiger partial charge on any atom is 0.263 e. The van der Waals surface area contributed by atoms with Crippen LogP contribution in [0.15, 0.2) is 36.4 Å². The quantitative estimate of drug-likeness (QED) is 0.642. The van der Waals surface area contributed by atoms with E-state index in [4.69, 9.17) is 4.74 Å². The zero-order valence-electron chi connectivity index (χ0n) is 15.8. The molecule has 0 saturated carbocycles. The maximum atomic E-state index is 14.2. The van der Waals surface area contributed by atoms with Gasteiger partial charge in [0.05, 0.1) is 17.4 Å². The van der Waals surface area contributed by atoms with Crippen molar-refractivity contribution in [2.24, 2.45) is 0 Å². The Morgan fingerprint density at radius 1 is 1.19 bits per heavy atom. The predicted octanol–water partition coefficient (Wildman–Crippen LogP) is 3.96. The summed E-state index contributed by atoms with van der Waals surface area (Å²) in [4.78, 5) is 21.3. The van der Waals surface area contributed by atoms with E-state index < -0.39 is 11.7 Å². The SMILES string of the molecule is COc1ccc(C)c2sc(N(CCN(C)C)C(=O)c3ccccc3F)nc12. The molecule has 3 rings (SSSR count). The van der Waals surface area contributed by atoms with Gasteiger partial charge in [-0.25, -0.2) is 9.37 Å². The molecule has 0 bridgehead atoms. The number of ether oxygens (including phenoxy) is 1. The first-order chi connectivity index (χ1) is 12.9. The molecule has 27 heavy (non-hydrogen) atoms. The van der Waals surface area contributed by atoms with E-state index in [1.165, 1.54) is 23.5 Å². The fraction of sp³-hybridized carbons (Fsp3) is 0.300. The minimum atomic E-state index is -0.535. The number of methoxy groups -OCH3 is 1. The van der Waals surface area contributed by atoms with Crippen LogP contribution in [0.25, 0.3) is 10.2 Å². The van der Waals surface area contributed by atoms with Gasteiger partial charge in [0.1, 0.15) is 17.1 Å². The number of anilines is 1. The van der Waals surface area contributed by atoms with Crippen molar-refractivity contribution in [1.29, 1.82) is 0 Å². The number of benzene rings is 2. The van der Waals surface area contributed by atoms with E-state index >= 15 is 0 Å². The maximum absolute atomic E-state index is 14.2. The molecule has 2 aromatic carbocycles. The average Bonchev–Trinajstić information content (AvgIpc) is 3.08. The van der Waals surface area contributed by atoms with Gasteiger partial charge in [-0.1, -0.05) is 29.5 Å². The molecule has 3 aromatic rings. The summed E-state index contributed by atoms with van der Waals surface area (Å²) in [6.07, 6.45) is 0. The Morgan fingerprint density at radius 3 is 2.59 bits per heavy atom. The lowest BCUT2D eigenvalue weighted by Crippen LogP contribution is -2.37. The molecule has 0 aliphatic rings. The number of amides is 1. The number of likely N-dealkylation sites (N-methyl/N-ethyl adjacent to an activating group) is 1. The molecule has 0 N–H and O–H groups in total. The summed E-state index contributed by atoms with van der Waals surface area (Å²) < 4.78 is 20.6. The second kappa shape index (κ2) is 8.02. The minimum absolute atomic E-state index is 0.0409. The number of fused-ring (bicyclic) bond motifs is 1. The predicted molar refractivity (Wildman–Crippen MR) is 108 cm³/mol. The fourth-order valence-electron chi connectivity index (χ4n) is 2.74. The van der Waals surface area contributed by atoms with Crippen LogP contribution >= 0.6 is 11.3 Å². The van der Waals surface area contributed by atoms with Gasteiger partial charge in [-0.15, -0.1) is 0 Å². The van der Waals surface area contributed by atoms with Gasteiger partial charge in [-0.05, 0) is 44.8 Å². The molecule has 0 saturated heterocycles. The second-order valence-corrected chi connectivity index (χ2v) is 7.48. The van der Waals surface area contributed by atoms with E-state index in [9.17, 15) is 9.18 Å². The van der Waals surface area contributed by atoms with Crippen LogP contribution in [0.3, 0.4) is 0 Å². The van der Waals surface area contributed by atoms with Crippen LogP contribution in [0.1, 0.15) is 15.9 Å². The molecule has 0 aliphatic carbocycles. The molecule has 0 fully saturated rings. The number of aryl methyl sites for hydroxylation is 1. The molecule has 1 aromatic heterocycles. The molecule has 0 unspecified atom stereocenters. The van der Waals surface area contributed by atoms with Gasteiger partial charge >= 0.3 is 0 Å². The third kappa shape index (κ3) is 3.94. The van der Waals surface area contributed by atoms with Gasteiger partial charge in [0.25, 0.3) is 5.91 Å². The monoisotopic (exact) mass is 387 g/mol. The Labute approximate surface area is 162 Å². The van der Waals surface area contributed by atoms with Crippen molar-refractivity contribution in [1.82, 2.24) is 9.88 Å². The van der Waals surface area contributed by atoms with Crippen molar-refractivity contribution in [2.75, 3.05) is 39.2 Å². The normalized spacial score (nSPS) is 11.2. The molecule has 0 radical (unpaired) electrons. The Balaban J connectivity index is 2.08. The van der Waals surface area contributed by atoms with E-state index in [-0.39, 0.29) is 5.56 Å². The highest BCUT2D eigenvalue weighted by molar-refractivity contribution is 7.22. The summed E-state index contributed by atoms with van der Waals surface area (Å²) in [6, 6.07) is 9.85.